The molecule has 16 heavy (non-hydrogen) atoms. The fourth-order valence-corrected chi connectivity index (χ4v) is 2.08. The van der Waals surface area contributed by atoms with Gasteiger partial charge in [-0.3, -0.25) is 4.98 Å². The van der Waals surface area contributed by atoms with Gasteiger partial charge in [-0.05, 0) is 59.8 Å². The van der Waals surface area contributed by atoms with Gasteiger partial charge in [-0.1, -0.05) is 12.1 Å². The average molecular weight is 324 g/mol. The molecule has 1 unspecified atom stereocenters. The predicted molar refractivity (Wildman–Crippen MR) is 75.4 cm³/mol. The molecule has 1 aromatic carbocycles. The molecule has 0 aliphatic rings. The van der Waals surface area contributed by atoms with Crippen LogP contribution in [0.15, 0.2) is 48.7 Å². The number of anilines is 1. The molecule has 2 aromatic rings. The highest BCUT2D eigenvalue weighted by atomic mass is 127. The summed E-state index contributed by atoms with van der Waals surface area (Å²) < 4.78 is 1.23. The summed E-state index contributed by atoms with van der Waals surface area (Å²) in [6, 6.07) is 14.5. The highest BCUT2D eigenvalue weighted by molar-refractivity contribution is 14.1. The molecule has 1 aromatic heterocycles. The Balaban J connectivity index is 2.11. The van der Waals surface area contributed by atoms with Crippen LogP contribution in [-0.4, -0.2) is 4.98 Å². The van der Waals surface area contributed by atoms with Crippen molar-refractivity contribution < 1.29 is 0 Å². The molecule has 0 spiro atoms. The van der Waals surface area contributed by atoms with E-state index < -0.39 is 0 Å². The Kier molecular flexibility index (Phi) is 3.77. The molecule has 0 amide bonds. The monoisotopic (exact) mass is 324 g/mol. The van der Waals surface area contributed by atoms with Crippen molar-refractivity contribution >= 4 is 28.3 Å². The molecular formula is C13H13IN2. The van der Waals surface area contributed by atoms with Crippen molar-refractivity contribution in [2.45, 2.75) is 13.0 Å². The lowest BCUT2D eigenvalue weighted by molar-refractivity contribution is 0.839. The molecule has 0 saturated heterocycles. The largest absolute Gasteiger partial charge is 0.377 e. The number of aromatic nitrogens is 1. The second-order valence-corrected chi connectivity index (χ2v) is 4.88. The first-order valence-electron chi connectivity index (χ1n) is 5.19. The molecule has 82 valence electrons. The summed E-state index contributed by atoms with van der Waals surface area (Å²) >= 11 is 2.31. The maximum Gasteiger partial charge on any atom is 0.0657 e. The molecule has 1 heterocycles. The number of halogens is 1. The molecule has 1 atom stereocenters. The van der Waals surface area contributed by atoms with Crippen molar-refractivity contribution in [3.8, 4) is 0 Å². The molecule has 0 radical (unpaired) electrons. The number of benzene rings is 1. The highest BCUT2D eigenvalue weighted by Crippen LogP contribution is 2.18. The van der Waals surface area contributed by atoms with Gasteiger partial charge >= 0.3 is 0 Å². The lowest BCUT2D eigenvalue weighted by Gasteiger charge is -2.14. The minimum atomic E-state index is 0.222. The van der Waals surface area contributed by atoms with Gasteiger partial charge < -0.3 is 5.32 Å². The van der Waals surface area contributed by atoms with Gasteiger partial charge in [0.15, 0.2) is 0 Å². The van der Waals surface area contributed by atoms with Gasteiger partial charge in [0.25, 0.3) is 0 Å². The Morgan fingerprint density at radius 1 is 1.19 bits per heavy atom. The Bertz CT molecular complexity index is 456. The van der Waals surface area contributed by atoms with Gasteiger partial charge in [0.2, 0.25) is 0 Å². The van der Waals surface area contributed by atoms with E-state index in [2.05, 4.69) is 64.1 Å². The zero-order chi connectivity index (χ0) is 11.4. The Morgan fingerprint density at radius 2 is 2.06 bits per heavy atom. The second kappa shape index (κ2) is 5.30. The third kappa shape index (κ3) is 2.95. The fourth-order valence-electron chi connectivity index (χ4n) is 1.53. The minimum absolute atomic E-state index is 0.222. The van der Waals surface area contributed by atoms with Gasteiger partial charge in [-0.15, -0.1) is 0 Å². The summed E-state index contributed by atoms with van der Waals surface area (Å²) in [4.78, 5) is 4.33. The number of hydrogen-bond donors (Lipinski definition) is 1. The van der Waals surface area contributed by atoms with E-state index in [-0.39, 0.29) is 6.04 Å². The molecule has 0 fully saturated rings. The summed E-state index contributed by atoms with van der Waals surface area (Å²) in [5.41, 5.74) is 2.19. The molecule has 1 N–H and O–H groups in total. The molecule has 2 rings (SSSR count). The average Bonchev–Trinajstić information content (AvgIpc) is 2.30. The van der Waals surface area contributed by atoms with Crippen molar-refractivity contribution in [1.82, 2.24) is 4.98 Å². The van der Waals surface area contributed by atoms with E-state index in [9.17, 15) is 0 Å². The van der Waals surface area contributed by atoms with Crippen LogP contribution in [0.5, 0.6) is 0 Å². The van der Waals surface area contributed by atoms with Crippen LogP contribution in [-0.2, 0) is 0 Å². The molecule has 0 saturated carbocycles. The van der Waals surface area contributed by atoms with Gasteiger partial charge in [0, 0.05) is 15.5 Å². The highest BCUT2D eigenvalue weighted by Gasteiger charge is 2.05. The fraction of sp³-hybridized carbons (Fsp3) is 0.154. The van der Waals surface area contributed by atoms with Crippen LogP contribution < -0.4 is 5.32 Å². The van der Waals surface area contributed by atoms with Crippen molar-refractivity contribution in [2.75, 3.05) is 5.32 Å². The zero-order valence-electron chi connectivity index (χ0n) is 9.02. The van der Waals surface area contributed by atoms with Gasteiger partial charge in [-0.25, -0.2) is 0 Å². The van der Waals surface area contributed by atoms with Gasteiger partial charge in [0.1, 0.15) is 0 Å². The molecule has 0 bridgehead atoms. The Hall–Kier alpha value is -1.10. The van der Waals surface area contributed by atoms with E-state index >= 15 is 0 Å². The topological polar surface area (TPSA) is 24.9 Å². The van der Waals surface area contributed by atoms with E-state index in [4.69, 9.17) is 0 Å². The maximum absolute atomic E-state index is 4.33. The van der Waals surface area contributed by atoms with Crippen LogP contribution in [0, 0.1) is 3.57 Å². The number of hydrogen-bond acceptors (Lipinski definition) is 2. The minimum Gasteiger partial charge on any atom is -0.377 e. The number of rotatable bonds is 3. The van der Waals surface area contributed by atoms with E-state index in [1.165, 1.54) is 3.57 Å². The summed E-state index contributed by atoms with van der Waals surface area (Å²) in [5, 5.41) is 3.43. The van der Waals surface area contributed by atoms with Gasteiger partial charge in [-0.2, -0.15) is 0 Å². The Morgan fingerprint density at radius 3 is 2.75 bits per heavy atom. The van der Waals surface area contributed by atoms with Crippen LogP contribution in [0.4, 0.5) is 5.69 Å². The normalized spacial score (nSPS) is 12.1. The third-order valence-corrected chi connectivity index (χ3v) is 3.01. The first kappa shape index (κ1) is 11.4. The number of pyridine rings is 1. The summed E-state index contributed by atoms with van der Waals surface area (Å²) in [7, 11) is 0. The first-order valence-corrected chi connectivity index (χ1v) is 6.26. The van der Waals surface area contributed by atoms with Crippen molar-refractivity contribution in [3.05, 3.63) is 57.9 Å². The van der Waals surface area contributed by atoms with Crippen LogP contribution in [0.25, 0.3) is 0 Å². The molecule has 0 aliphatic carbocycles. The smallest absolute Gasteiger partial charge is 0.0657 e. The molecular weight excluding hydrogens is 311 g/mol. The second-order valence-electron chi connectivity index (χ2n) is 3.63. The Labute approximate surface area is 109 Å². The predicted octanol–water partition coefficient (Wildman–Crippen LogP) is 3.86. The lowest BCUT2D eigenvalue weighted by Crippen LogP contribution is -2.08. The van der Waals surface area contributed by atoms with Crippen LogP contribution in [0.2, 0.25) is 0 Å². The van der Waals surface area contributed by atoms with E-state index in [0.29, 0.717) is 0 Å². The maximum atomic E-state index is 4.33. The van der Waals surface area contributed by atoms with Crippen LogP contribution in [0.3, 0.4) is 0 Å². The van der Waals surface area contributed by atoms with Crippen molar-refractivity contribution in [1.29, 1.82) is 0 Å². The van der Waals surface area contributed by atoms with E-state index in [1.807, 2.05) is 24.4 Å². The van der Waals surface area contributed by atoms with E-state index in [0.717, 1.165) is 11.4 Å². The third-order valence-electron chi connectivity index (χ3n) is 2.34. The number of nitrogens with zero attached hydrogens (tertiary/aromatic N) is 1. The SMILES string of the molecule is CC(Nc1cccc(I)c1)c1ccccn1. The standard InChI is InChI=1S/C13H13IN2/c1-10(13-7-2-3-8-15-13)16-12-6-4-5-11(14)9-12/h2-10,16H,1H3. The molecule has 0 aliphatic heterocycles. The summed E-state index contributed by atoms with van der Waals surface area (Å²) in [6.07, 6.45) is 1.82. The zero-order valence-corrected chi connectivity index (χ0v) is 11.2. The summed E-state index contributed by atoms with van der Waals surface area (Å²) in [5.74, 6) is 0. The number of nitrogens with one attached hydrogen (secondary N) is 1. The first-order chi connectivity index (χ1) is 7.75. The van der Waals surface area contributed by atoms with Crippen molar-refractivity contribution in [3.63, 3.8) is 0 Å². The quantitative estimate of drug-likeness (QED) is 0.867. The van der Waals surface area contributed by atoms with Crippen LogP contribution >= 0.6 is 22.6 Å². The molecule has 2 nitrogen and oxygen atoms in total. The van der Waals surface area contributed by atoms with Crippen LogP contribution in [0.1, 0.15) is 18.7 Å². The lowest BCUT2D eigenvalue weighted by atomic mass is 10.2. The summed E-state index contributed by atoms with van der Waals surface area (Å²) in [6.45, 7) is 2.11. The van der Waals surface area contributed by atoms with E-state index in [1.54, 1.807) is 0 Å². The molecule has 3 heteroatoms. The van der Waals surface area contributed by atoms with Crippen molar-refractivity contribution in [2.24, 2.45) is 0 Å². The van der Waals surface area contributed by atoms with Gasteiger partial charge in [0.05, 0.1) is 11.7 Å².